The Labute approximate surface area is 73.1 Å². The normalized spacial score (nSPS) is 14.3. The summed E-state index contributed by atoms with van der Waals surface area (Å²) in [6.07, 6.45) is 2.14. The number of benzene rings is 1. The molecule has 0 spiro atoms. The fourth-order valence-electron chi connectivity index (χ4n) is 1.64. The summed E-state index contributed by atoms with van der Waals surface area (Å²) in [4.78, 5) is 4.59. The Morgan fingerprint density at radius 2 is 2.25 bits per heavy atom. The van der Waals surface area contributed by atoms with Crippen LogP contribution in [0.1, 0.15) is 24.5 Å². The summed E-state index contributed by atoms with van der Waals surface area (Å²) in [5.41, 5.74) is 5.23. The summed E-state index contributed by atoms with van der Waals surface area (Å²) in [6.45, 7) is 4.29. The van der Waals surface area contributed by atoms with Gasteiger partial charge in [0.1, 0.15) is 0 Å². The van der Waals surface area contributed by atoms with E-state index in [1.54, 1.807) is 0 Å². The third-order valence-corrected chi connectivity index (χ3v) is 2.39. The Kier molecular flexibility index (Phi) is 1.72. The van der Waals surface area contributed by atoms with Gasteiger partial charge in [-0.1, -0.05) is 25.1 Å². The van der Waals surface area contributed by atoms with Crippen LogP contribution in [0, 0.1) is 6.92 Å². The van der Waals surface area contributed by atoms with Crippen LogP contribution in [0.25, 0.3) is 0 Å². The van der Waals surface area contributed by atoms with Gasteiger partial charge in [0.2, 0.25) is 0 Å². The van der Waals surface area contributed by atoms with Gasteiger partial charge in [0.05, 0.1) is 5.69 Å². The topological polar surface area (TPSA) is 12.4 Å². The molecule has 0 aromatic heterocycles. The number of aryl methyl sites for hydroxylation is 1. The van der Waals surface area contributed by atoms with Crippen molar-refractivity contribution in [1.29, 1.82) is 0 Å². The highest BCUT2D eigenvalue weighted by Crippen LogP contribution is 2.30. The van der Waals surface area contributed by atoms with Crippen LogP contribution in [-0.4, -0.2) is 5.71 Å². The first-order valence-corrected chi connectivity index (χ1v) is 4.46. The molecule has 1 heterocycles. The third-order valence-electron chi connectivity index (χ3n) is 2.39. The van der Waals surface area contributed by atoms with Crippen LogP contribution in [-0.2, 0) is 6.42 Å². The lowest BCUT2D eigenvalue weighted by Gasteiger charge is -1.98. The molecule has 0 bridgehead atoms. The lowest BCUT2D eigenvalue weighted by atomic mass is 10.1. The standard InChI is InChI=1S/C11H13N/c1-3-10-7-9-6-4-5-8(2)11(9)12-10/h4-6H,3,7H2,1-2H3. The zero-order chi connectivity index (χ0) is 8.55. The summed E-state index contributed by atoms with van der Waals surface area (Å²) in [5.74, 6) is 0. The van der Waals surface area contributed by atoms with Crippen molar-refractivity contribution in [3.8, 4) is 0 Å². The molecular weight excluding hydrogens is 146 g/mol. The number of aliphatic imine (C=N–C) groups is 1. The van der Waals surface area contributed by atoms with Crippen LogP contribution in [0.3, 0.4) is 0 Å². The quantitative estimate of drug-likeness (QED) is 0.597. The van der Waals surface area contributed by atoms with Gasteiger partial charge in [0, 0.05) is 12.1 Å². The maximum atomic E-state index is 4.59. The minimum Gasteiger partial charge on any atom is -0.257 e. The van der Waals surface area contributed by atoms with Gasteiger partial charge in [-0.3, -0.25) is 4.99 Å². The average Bonchev–Trinajstić information content (AvgIpc) is 2.49. The van der Waals surface area contributed by atoms with E-state index < -0.39 is 0 Å². The van der Waals surface area contributed by atoms with Crippen molar-refractivity contribution >= 4 is 11.4 Å². The van der Waals surface area contributed by atoms with Crippen molar-refractivity contribution in [2.75, 3.05) is 0 Å². The molecule has 0 aliphatic carbocycles. The number of rotatable bonds is 1. The van der Waals surface area contributed by atoms with Gasteiger partial charge in [-0.05, 0) is 24.5 Å². The van der Waals surface area contributed by atoms with Crippen molar-refractivity contribution in [3.05, 3.63) is 29.3 Å². The van der Waals surface area contributed by atoms with Gasteiger partial charge in [0.25, 0.3) is 0 Å². The highest BCUT2D eigenvalue weighted by Gasteiger charge is 2.13. The molecule has 1 aromatic rings. The number of para-hydroxylation sites is 1. The van der Waals surface area contributed by atoms with E-state index in [0.717, 1.165) is 12.8 Å². The molecule has 12 heavy (non-hydrogen) atoms. The molecule has 0 saturated carbocycles. The van der Waals surface area contributed by atoms with Crippen molar-refractivity contribution in [1.82, 2.24) is 0 Å². The molecule has 62 valence electrons. The van der Waals surface area contributed by atoms with Crippen LogP contribution in [0.15, 0.2) is 23.2 Å². The first-order chi connectivity index (χ1) is 5.81. The predicted molar refractivity (Wildman–Crippen MR) is 52.3 cm³/mol. The van der Waals surface area contributed by atoms with Gasteiger partial charge < -0.3 is 0 Å². The maximum absolute atomic E-state index is 4.59. The molecule has 1 aromatic carbocycles. The second kappa shape index (κ2) is 2.74. The van der Waals surface area contributed by atoms with Gasteiger partial charge in [-0.25, -0.2) is 0 Å². The van der Waals surface area contributed by atoms with E-state index in [9.17, 15) is 0 Å². The van der Waals surface area contributed by atoms with Gasteiger partial charge >= 0.3 is 0 Å². The Bertz CT molecular complexity index is 337. The summed E-state index contributed by atoms with van der Waals surface area (Å²) >= 11 is 0. The average molecular weight is 159 g/mol. The van der Waals surface area contributed by atoms with Crippen molar-refractivity contribution < 1.29 is 0 Å². The van der Waals surface area contributed by atoms with Crippen LogP contribution < -0.4 is 0 Å². The van der Waals surface area contributed by atoms with Crippen molar-refractivity contribution in [3.63, 3.8) is 0 Å². The van der Waals surface area contributed by atoms with Crippen LogP contribution >= 0.6 is 0 Å². The zero-order valence-corrected chi connectivity index (χ0v) is 7.59. The summed E-state index contributed by atoms with van der Waals surface area (Å²) < 4.78 is 0. The Morgan fingerprint density at radius 3 is 2.92 bits per heavy atom. The third kappa shape index (κ3) is 1.06. The monoisotopic (exact) mass is 159 g/mol. The molecule has 2 rings (SSSR count). The summed E-state index contributed by atoms with van der Waals surface area (Å²) in [5, 5.41) is 0. The second-order valence-corrected chi connectivity index (χ2v) is 3.29. The van der Waals surface area contributed by atoms with E-state index >= 15 is 0 Å². The molecule has 1 aliphatic rings. The van der Waals surface area contributed by atoms with Crippen LogP contribution in [0.5, 0.6) is 0 Å². The fourth-order valence-corrected chi connectivity index (χ4v) is 1.64. The number of hydrogen-bond acceptors (Lipinski definition) is 1. The van der Waals surface area contributed by atoms with Crippen LogP contribution in [0.2, 0.25) is 0 Å². The van der Waals surface area contributed by atoms with Crippen molar-refractivity contribution in [2.45, 2.75) is 26.7 Å². The van der Waals surface area contributed by atoms with Gasteiger partial charge in [-0.15, -0.1) is 0 Å². The molecule has 0 atom stereocenters. The highest BCUT2D eigenvalue weighted by molar-refractivity contribution is 5.94. The molecular formula is C11H13N. The molecule has 0 N–H and O–H groups in total. The van der Waals surface area contributed by atoms with Gasteiger partial charge in [0.15, 0.2) is 0 Å². The fraction of sp³-hybridized carbons (Fsp3) is 0.364. The maximum Gasteiger partial charge on any atom is 0.0694 e. The summed E-state index contributed by atoms with van der Waals surface area (Å²) in [6, 6.07) is 6.41. The molecule has 1 aliphatic heterocycles. The Morgan fingerprint density at radius 1 is 1.42 bits per heavy atom. The second-order valence-electron chi connectivity index (χ2n) is 3.29. The summed E-state index contributed by atoms with van der Waals surface area (Å²) in [7, 11) is 0. The SMILES string of the molecule is CCC1=Nc2c(C)cccc2C1. The van der Waals surface area contributed by atoms with Gasteiger partial charge in [-0.2, -0.15) is 0 Å². The highest BCUT2D eigenvalue weighted by atomic mass is 14.8. The number of hydrogen-bond donors (Lipinski definition) is 0. The lowest BCUT2D eigenvalue weighted by molar-refractivity contribution is 1.22. The minimum absolute atomic E-state index is 1.06. The van der Waals surface area contributed by atoms with E-state index in [2.05, 4.69) is 37.0 Å². The minimum atomic E-state index is 1.06. The zero-order valence-electron chi connectivity index (χ0n) is 7.59. The molecule has 0 saturated heterocycles. The number of fused-ring (bicyclic) bond motifs is 1. The van der Waals surface area contributed by atoms with E-state index in [1.807, 2.05) is 0 Å². The predicted octanol–water partition coefficient (Wildman–Crippen LogP) is 3.03. The molecule has 0 radical (unpaired) electrons. The molecule has 0 amide bonds. The van der Waals surface area contributed by atoms with E-state index in [4.69, 9.17) is 0 Å². The van der Waals surface area contributed by atoms with E-state index in [1.165, 1.54) is 22.5 Å². The number of nitrogens with zero attached hydrogens (tertiary/aromatic N) is 1. The molecule has 0 fully saturated rings. The Hall–Kier alpha value is -1.11. The first kappa shape index (κ1) is 7.53. The Balaban J connectivity index is 2.48. The smallest absolute Gasteiger partial charge is 0.0694 e. The molecule has 1 nitrogen and oxygen atoms in total. The molecule has 0 unspecified atom stereocenters. The molecule has 1 heteroatoms. The lowest BCUT2D eigenvalue weighted by Crippen LogP contribution is -1.93. The largest absolute Gasteiger partial charge is 0.257 e. The van der Waals surface area contributed by atoms with Crippen LogP contribution in [0.4, 0.5) is 5.69 Å². The van der Waals surface area contributed by atoms with E-state index in [0.29, 0.717) is 0 Å². The first-order valence-electron chi connectivity index (χ1n) is 4.46. The van der Waals surface area contributed by atoms with E-state index in [-0.39, 0.29) is 0 Å². The van der Waals surface area contributed by atoms with Crippen molar-refractivity contribution in [2.24, 2.45) is 4.99 Å².